The number of anilines is 1. The topological polar surface area (TPSA) is 71.9 Å². The van der Waals surface area contributed by atoms with Gasteiger partial charge in [-0.25, -0.2) is 0 Å². The Labute approximate surface area is 134 Å². The molecule has 0 aliphatic carbocycles. The Morgan fingerprint density at radius 3 is 3.23 bits per heavy atom. The van der Waals surface area contributed by atoms with Crippen molar-refractivity contribution >= 4 is 23.3 Å². The summed E-state index contributed by atoms with van der Waals surface area (Å²) in [6, 6.07) is 1.58. The maximum atomic E-state index is 12.6. The average molecular weight is 327 g/mol. The molecule has 0 radical (unpaired) electrons. The fourth-order valence-electron chi connectivity index (χ4n) is 3.32. The van der Waals surface area contributed by atoms with E-state index in [0.717, 1.165) is 11.4 Å². The predicted octanol–water partition coefficient (Wildman–Crippen LogP) is 1.04. The summed E-state index contributed by atoms with van der Waals surface area (Å²) < 4.78 is 10.8. The van der Waals surface area contributed by atoms with E-state index in [9.17, 15) is 9.90 Å². The van der Waals surface area contributed by atoms with Crippen LogP contribution in [-0.2, 0) is 20.7 Å². The van der Waals surface area contributed by atoms with Gasteiger partial charge in [0.15, 0.2) is 0 Å². The van der Waals surface area contributed by atoms with Gasteiger partial charge in [0.2, 0.25) is 0 Å². The molecule has 2 unspecified atom stereocenters. The quantitative estimate of drug-likeness (QED) is 0.837. The highest BCUT2D eigenvalue weighted by atomic mass is 35.5. The number of hydrogen-bond donors (Lipinski definition) is 1. The first kappa shape index (κ1) is 15.5. The number of carbonyl (C=O) groups excluding carboxylic acids is 1. The summed E-state index contributed by atoms with van der Waals surface area (Å²) >= 11 is 6.06. The van der Waals surface area contributed by atoms with E-state index in [-0.39, 0.29) is 19.3 Å². The van der Waals surface area contributed by atoms with Crippen molar-refractivity contribution in [1.82, 2.24) is 4.98 Å². The van der Waals surface area contributed by atoms with Crippen LogP contribution in [0, 0.1) is 5.41 Å². The predicted molar refractivity (Wildman–Crippen MR) is 81.1 cm³/mol. The Bertz CT molecular complexity index is 583. The lowest BCUT2D eigenvalue weighted by molar-refractivity contribution is -0.162. The monoisotopic (exact) mass is 326 g/mol. The molecular formula is C15H19ClN2O4. The molecule has 0 aromatic carbocycles. The molecule has 3 heterocycles. The molecule has 1 N–H and O–H groups in total. The lowest BCUT2D eigenvalue weighted by Gasteiger charge is -2.50. The van der Waals surface area contributed by atoms with E-state index in [1.807, 2.05) is 6.07 Å². The van der Waals surface area contributed by atoms with Gasteiger partial charge in [-0.15, -0.1) is 0 Å². The van der Waals surface area contributed by atoms with Crippen LogP contribution in [0.5, 0.6) is 0 Å². The highest BCUT2D eigenvalue weighted by molar-refractivity contribution is 6.30. The summed E-state index contributed by atoms with van der Waals surface area (Å²) in [5.41, 5.74) is 0.614. The van der Waals surface area contributed by atoms with Gasteiger partial charge >= 0.3 is 5.97 Å². The minimum atomic E-state index is -1.05. The third-order valence-corrected chi connectivity index (χ3v) is 4.64. The van der Waals surface area contributed by atoms with Crippen LogP contribution in [0.1, 0.15) is 12.6 Å². The van der Waals surface area contributed by atoms with Crippen molar-refractivity contribution in [2.24, 2.45) is 5.41 Å². The number of esters is 1. The molecule has 3 rings (SSSR count). The zero-order valence-corrected chi connectivity index (χ0v) is 13.2. The van der Waals surface area contributed by atoms with Crippen molar-refractivity contribution in [2.45, 2.75) is 19.4 Å². The second-order valence-corrected chi connectivity index (χ2v) is 6.05. The van der Waals surface area contributed by atoms with Crippen molar-refractivity contribution in [3.8, 4) is 0 Å². The normalized spacial score (nSPS) is 27.0. The molecule has 1 aromatic rings. The zero-order chi connectivity index (χ0) is 15.7. The molecule has 1 aromatic heterocycles. The number of aliphatic hydroxyl groups excluding tert-OH is 1. The number of aromatic nitrogens is 1. The first-order valence-electron chi connectivity index (χ1n) is 7.39. The number of halogens is 1. The fraction of sp³-hybridized carbons (Fsp3) is 0.600. The number of aliphatic hydroxyl groups is 1. The van der Waals surface area contributed by atoms with Crippen LogP contribution in [0.25, 0.3) is 0 Å². The van der Waals surface area contributed by atoms with Crippen LogP contribution in [0.15, 0.2) is 12.3 Å². The summed E-state index contributed by atoms with van der Waals surface area (Å²) in [6.07, 6.45) is 1.88. The molecule has 120 valence electrons. The molecule has 2 atom stereocenters. The largest absolute Gasteiger partial charge is 0.465 e. The molecule has 1 fully saturated rings. The van der Waals surface area contributed by atoms with E-state index in [2.05, 4.69) is 9.88 Å². The average Bonchev–Trinajstić information content (AvgIpc) is 2.54. The van der Waals surface area contributed by atoms with Gasteiger partial charge < -0.3 is 19.5 Å². The van der Waals surface area contributed by atoms with E-state index in [0.29, 0.717) is 31.2 Å². The first-order valence-corrected chi connectivity index (χ1v) is 7.77. The summed E-state index contributed by atoms with van der Waals surface area (Å²) in [6.45, 7) is 3.28. The van der Waals surface area contributed by atoms with Gasteiger partial charge in [-0.2, -0.15) is 0 Å². The van der Waals surface area contributed by atoms with Crippen LogP contribution in [-0.4, -0.2) is 55.1 Å². The first-order chi connectivity index (χ1) is 10.6. The van der Waals surface area contributed by atoms with Crippen LogP contribution < -0.4 is 4.90 Å². The third-order valence-electron chi connectivity index (χ3n) is 4.44. The minimum absolute atomic E-state index is 0.273. The Morgan fingerprint density at radius 2 is 2.50 bits per heavy atom. The molecule has 22 heavy (non-hydrogen) atoms. The van der Waals surface area contributed by atoms with Gasteiger partial charge in [0.1, 0.15) is 5.41 Å². The molecule has 0 amide bonds. The van der Waals surface area contributed by atoms with E-state index >= 15 is 0 Å². The van der Waals surface area contributed by atoms with Crippen LogP contribution in [0.3, 0.4) is 0 Å². The van der Waals surface area contributed by atoms with E-state index in [1.54, 1.807) is 13.1 Å². The van der Waals surface area contributed by atoms with Crippen LogP contribution >= 0.6 is 11.6 Å². The zero-order valence-electron chi connectivity index (χ0n) is 12.4. The number of pyridine rings is 1. The maximum absolute atomic E-state index is 12.6. The minimum Gasteiger partial charge on any atom is -0.465 e. The van der Waals surface area contributed by atoms with Crippen LogP contribution in [0.2, 0.25) is 5.02 Å². The van der Waals surface area contributed by atoms with Crippen molar-refractivity contribution in [3.63, 3.8) is 0 Å². The Kier molecular flexibility index (Phi) is 4.25. The van der Waals surface area contributed by atoms with Gasteiger partial charge in [0, 0.05) is 19.2 Å². The fourth-order valence-corrected chi connectivity index (χ4v) is 3.47. The molecule has 0 bridgehead atoms. The number of fused-ring (bicyclic) bond motifs is 3. The summed E-state index contributed by atoms with van der Waals surface area (Å²) in [4.78, 5) is 19.0. The lowest BCUT2D eigenvalue weighted by Crippen LogP contribution is -2.63. The Morgan fingerprint density at radius 1 is 1.68 bits per heavy atom. The molecule has 7 heteroatoms. The Hall–Kier alpha value is -1.37. The van der Waals surface area contributed by atoms with Crippen molar-refractivity contribution in [1.29, 1.82) is 0 Å². The standard InChI is InChI=1S/C15H19ClN2O4/c1-2-22-14(20)15(9-19)6-11-12(5-10(16)7-17-11)18-3-4-21-8-13(15)18/h5,7,13,19H,2-4,6,8-9H2,1H3. The van der Waals surface area contributed by atoms with Gasteiger partial charge in [0.25, 0.3) is 0 Å². The lowest BCUT2D eigenvalue weighted by atomic mass is 9.72. The van der Waals surface area contributed by atoms with Crippen molar-refractivity contribution < 1.29 is 19.4 Å². The van der Waals surface area contributed by atoms with Gasteiger partial charge in [0.05, 0.1) is 48.9 Å². The van der Waals surface area contributed by atoms with Crippen molar-refractivity contribution in [2.75, 3.05) is 37.9 Å². The van der Waals surface area contributed by atoms with E-state index < -0.39 is 11.4 Å². The molecule has 0 spiro atoms. The highest BCUT2D eigenvalue weighted by Gasteiger charge is 2.54. The van der Waals surface area contributed by atoms with Gasteiger partial charge in [-0.3, -0.25) is 9.78 Å². The maximum Gasteiger partial charge on any atom is 0.317 e. The van der Waals surface area contributed by atoms with Crippen molar-refractivity contribution in [3.05, 3.63) is 23.0 Å². The molecular weight excluding hydrogens is 308 g/mol. The number of rotatable bonds is 3. The van der Waals surface area contributed by atoms with E-state index in [4.69, 9.17) is 21.1 Å². The number of morpholine rings is 1. The number of nitrogens with zero attached hydrogens (tertiary/aromatic N) is 2. The summed E-state index contributed by atoms with van der Waals surface area (Å²) in [5, 5.41) is 10.6. The second kappa shape index (κ2) is 6.02. The Balaban J connectivity index is 2.08. The number of hydrogen-bond acceptors (Lipinski definition) is 6. The SMILES string of the molecule is CCOC(=O)C1(CO)Cc2ncc(Cl)cc2N2CCOCC21. The highest BCUT2D eigenvalue weighted by Crippen LogP contribution is 2.43. The molecule has 6 nitrogen and oxygen atoms in total. The van der Waals surface area contributed by atoms with Gasteiger partial charge in [-0.1, -0.05) is 11.6 Å². The smallest absolute Gasteiger partial charge is 0.317 e. The summed E-state index contributed by atoms with van der Waals surface area (Å²) in [7, 11) is 0. The molecule has 2 aliphatic heterocycles. The molecule has 2 aliphatic rings. The molecule has 1 saturated heterocycles. The number of ether oxygens (including phenoxy) is 2. The van der Waals surface area contributed by atoms with E-state index in [1.165, 1.54) is 0 Å². The third kappa shape index (κ3) is 2.35. The summed E-state index contributed by atoms with van der Waals surface area (Å²) in [5.74, 6) is -0.402. The number of carbonyl (C=O) groups is 1. The molecule has 0 saturated carbocycles. The van der Waals surface area contributed by atoms with Crippen LogP contribution in [0.4, 0.5) is 5.69 Å². The second-order valence-electron chi connectivity index (χ2n) is 5.61. The van der Waals surface area contributed by atoms with Gasteiger partial charge in [-0.05, 0) is 13.0 Å².